The van der Waals surface area contributed by atoms with E-state index in [9.17, 15) is 4.79 Å². The molecule has 0 saturated carbocycles. The lowest BCUT2D eigenvalue weighted by Crippen LogP contribution is -1.89. The van der Waals surface area contributed by atoms with Crippen LogP contribution in [0.1, 0.15) is 17.5 Å². The van der Waals surface area contributed by atoms with Crippen LogP contribution in [-0.4, -0.2) is 11.1 Å². The second-order valence-corrected chi connectivity index (χ2v) is 3.16. The van der Waals surface area contributed by atoms with Crippen LogP contribution in [0.25, 0.3) is 5.57 Å². The molecule has 0 atom stereocenters. The van der Waals surface area contributed by atoms with Gasteiger partial charge in [-0.15, -0.1) is 0 Å². The molecule has 1 aromatic carbocycles. The predicted octanol–water partition coefficient (Wildman–Crippen LogP) is 2.10. The van der Waals surface area contributed by atoms with Gasteiger partial charge in [-0.3, -0.25) is 0 Å². The minimum atomic E-state index is -0.855. The number of aryl methyl sites for hydroxylation is 1. The van der Waals surface area contributed by atoms with Crippen molar-refractivity contribution in [2.24, 2.45) is 0 Å². The quantitative estimate of drug-likeness (QED) is 0.662. The summed E-state index contributed by atoms with van der Waals surface area (Å²) in [6.45, 7) is 0. The predicted molar refractivity (Wildman–Crippen MR) is 50.4 cm³/mol. The van der Waals surface area contributed by atoms with Crippen molar-refractivity contribution < 1.29 is 9.90 Å². The van der Waals surface area contributed by atoms with Gasteiger partial charge < -0.3 is 5.11 Å². The number of carbonyl (C=O) groups is 1. The number of carboxylic acids is 1. The fourth-order valence-corrected chi connectivity index (χ4v) is 1.75. The van der Waals surface area contributed by atoms with Gasteiger partial charge >= 0.3 is 5.97 Å². The highest BCUT2D eigenvalue weighted by Gasteiger charge is 2.15. The van der Waals surface area contributed by atoms with Crippen LogP contribution in [0.2, 0.25) is 0 Å². The molecule has 13 heavy (non-hydrogen) atoms. The topological polar surface area (TPSA) is 37.3 Å². The SMILES string of the molecule is O=C(O)/C=C1/CCc2ccccc21. The highest BCUT2D eigenvalue weighted by Crippen LogP contribution is 2.31. The summed E-state index contributed by atoms with van der Waals surface area (Å²) in [5.41, 5.74) is 3.31. The number of aliphatic carboxylic acids is 1. The van der Waals surface area contributed by atoms with E-state index in [0.717, 1.165) is 24.0 Å². The van der Waals surface area contributed by atoms with Crippen LogP contribution < -0.4 is 0 Å². The lowest BCUT2D eigenvalue weighted by atomic mass is 10.1. The van der Waals surface area contributed by atoms with E-state index >= 15 is 0 Å². The molecule has 0 amide bonds. The van der Waals surface area contributed by atoms with E-state index in [-0.39, 0.29) is 0 Å². The van der Waals surface area contributed by atoms with E-state index in [1.165, 1.54) is 11.6 Å². The van der Waals surface area contributed by atoms with Crippen molar-refractivity contribution in [1.29, 1.82) is 0 Å². The van der Waals surface area contributed by atoms with E-state index in [0.29, 0.717) is 0 Å². The standard InChI is InChI=1S/C11H10O2/c12-11(13)7-9-6-5-8-3-1-2-4-10(8)9/h1-4,7H,5-6H2,(H,12,13)/b9-7-. The molecule has 2 nitrogen and oxygen atoms in total. The van der Waals surface area contributed by atoms with Gasteiger partial charge in [-0.25, -0.2) is 4.79 Å². The van der Waals surface area contributed by atoms with Gasteiger partial charge in [0.15, 0.2) is 0 Å². The highest BCUT2D eigenvalue weighted by molar-refractivity contribution is 5.91. The van der Waals surface area contributed by atoms with Gasteiger partial charge in [0, 0.05) is 6.08 Å². The third-order valence-corrected chi connectivity index (χ3v) is 2.32. The summed E-state index contributed by atoms with van der Waals surface area (Å²) in [5.74, 6) is -0.855. The van der Waals surface area contributed by atoms with Gasteiger partial charge in [0.05, 0.1) is 0 Å². The number of benzene rings is 1. The fraction of sp³-hybridized carbons (Fsp3) is 0.182. The van der Waals surface area contributed by atoms with Crippen molar-refractivity contribution in [2.75, 3.05) is 0 Å². The van der Waals surface area contributed by atoms with Gasteiger partial charge in [-0.05, 0) is 29.5 Å². The first-order valence-corrected chi connectivity index (χ1v) is 4.29. The van der Waals surface area contributed by atoms with E-state index < -0.39 is 5.97 Å². The highest BCUT2D eigenvalue weighted by atomic mass is 16.4. The van der Waals surface area contributed by atoms with Crippen molar-refractivity contribution in [1.82, 2.24) is 0 Å². The van der Waals surface area contributed by atoms with E-state index in [4.69, 9.17) is 5.11 Å². The summed E-state index contributed by atoms with van der Waals surface area (Å²) in [6.07, 6.45) is 3.13. The molecule has 0 aromatic heterocycles. The molecule has 2 rings (SSSR count). The summed E-state index contributed by atoms with van der Waals surface area (Å²) in [4.78, 5) is 10.5. The van der Waals surface area contributed by atoms with E-state index in [2.05, 4.69) is 6.07 Å². The zero-order valence-corrected chi connectivity index (χ0v) is 7.16. The van der Waals surface area contributed by atoms with Crippen LogP contribution in [0.3, 0.4) is 0 Å². The number of rotatable bonds is 1. The van der Waals surface area contributed by atoms with Crippen molar-refractivity contribution in [2.45, 2.75) is 12.8 Å². The molecule has 0 spiro atoms. The molecule has 2 heteroatoms. The molecule has 0 bridgehead atoms. The van der Waals surface area contributed by atoms with Crippen LogP contribution in [0.4, 0.5) is 0 Å². The lowest BCUT2D eigenvalue weighted by Gasteiger charge is -1.97. The largest absolute Gasteiger partial charge is 0.478 e. The fourth-order valence-electron chi connectivity index (χ4n) is 1.75. The maximum atomic E-state index is 10.5. The van der Waals surface area contributed by atoms with Crippen molar-refractivity contribution in [3.05, 3.63) is 41.5 Å². The molecular formula is C11H10O2. The summed E-state index contributed by atoms with van der Waals surface area (Å²) in [5, 5.41) is 8.62. The summed E-state index contributed by atoms with van der Waals surface area (Å²) < 4.78 is 0. The minimum absolute atomic E-state index is 0.853. The molecule has 66 valence electrons. The zero-order valence-electron chi connectivity index (χ0n) is 7.16. The summed E-state index contributed by atoms with van der Waals surface area (Å²) in [6, 6.07) is 7.97. The van der Waals surface area contributed by atoms with Crippen LogP contribution in [0.15, 0.2) is 30.3 Å². The molecule has 0 radical (unpaired) electrons. The number of allylic oxidation sites excluding steroid dienone is 1. The van der Waals surface area contributed by atoms with Gasteiger partial charge in [0.2, 0.25) is 0 Å². The first kappa shape index (κ1) is 8.05. The molecule has 1 aromatic rings. The molecular weight excluding hydrogens is 164 g/mol. The number of hydrogen-bond donors (Lipinski definition) is 1. The monoisotopic (exact) mass is 174 g/mol. The van der Waals surface area contributed by atoms with Crippen molar-refractivity contribution in [3.63, 3.8) is 0 Å². The normalized spacial score (nSPS) is 17.4. The van der Waals surface area contributed by atoms with Crippen molar-refractivity contribution >= 4 is 11.5 Å². The maximum absolute atomic E-state index is 10.5. The number of hydrogen-bond acceptors (Lipinski definition) is 1. The van der Waals surface area contributed by atoms with Gasteiger partial charge in [-0.1, -0.05) is 24.3 Å². The molecule has 1 aliphatic rings. The molecule has 0 heterocycles. The average molecular weight is 174 g/mol. The Morgan fingerprint density at radius 3 is 2.85 bits per heavy atom. The van der Waals surface area contributed by atoms with Crippen LogP contribution in [0.5, 0.6) is 0 Å². The number of carboxylic acid groups (broad SMARTS) is 1. The Labute approximate surface area is 76.5 Å². The number of fused-ring (bicyclic) bond motifs is 1. The smallest absolute Gasteiger partial charge is 0.328 e. The third-order valence-electron chi connectivity index (χ3n) is 2.32. The average Bonchev–Trinajstić information content (AvgIpc) is 2.48. The Hall–Kier alpha value is -1.57. The Balaban J connectivity index is 2.44. The van der Waals surface area contributed by atoms with Crippen LogP contribution in [-0.2, 0) is 11.2 Å². The van der Waals surface area contributed by atoms with Crippen molar-refractivity contribution in [3.8, 4) is 0 Å². The minimum Gasteiger partial charge on any atom is -0.478 e. The molecule has 1 N–H and O–H groups in total. The Morgan fingerprint density at radius 2 is 2.08 bits per heavy atom. The first-order chi connectivity index (χ1) is 6.27. The molecule has 1 aliphatic carbocycles. The Bertz CT molecular complexity index is 377. The maximum Gasteiger partial charge on any atom is 0.328 e. The third kappa shape index (κ3) is 1.47. The van der Waals surface area contributed by atoms with E-state index in [1.54, 1.807) is 0 Å². The van der Waals surface area contributed by atoms with Gasteiger partial charge in [-0.2, -0.15) is 0 Å². The summed E-state index contributed by atoms with van der Waals surface area (Å²) >= 11 is 0. The lowest BCUT2D eigenvalue weighted by molar-refractivity contribution is -0.131. The molecule has 0 aliphatic heterocycles. The van der Waals surface area contributed by atoms with Crippen LogP contribution >= 0.6 is 0 Å². The zero-order chi connectivity index (χ0) is 9.26. The second-order valence-electron chi connectivity index (χ2n) is 3.16. The van der Waals surface area contributed by atoms with E-state index in [1.807, 2.05) is 18.2 Å². The Kier molecular flexibility index (Phi) is 1.89. The van der Waals surface area contributed by atoms with Gasteiger partial charge in [0.25, 0.3) is 0 Å². The summed E-state index contributed by atoms with van der Waals surface area (Å²) in [7, 11) is 0. The van der Waals surface area contributed by atoms with Gasteiger partial charge in [0.1, 0.15) is 0 Å². The molecule has 0 saturated heterocycles. The Morgan fingerprint density at radius 1 is 1.31 bits per heavy atom. The molecule has 0 fully saturated rings. The van der Waals surface area contributed by atoms with Crippen LogP contribution in [0, 0.1) is 0 Å². The first-order valence-electron chi connectivity index (χ1n) is 4.29. The second kappa shape index (κ2) is 3.05. The molecule has 0 unspecified atom stereocenters.